The Bertz CT molecular complexity index is 4630. The van der Waals surface area contributed by atoms with Gasteiger partial charge in [0.1, 0.15) is 72.5 Å². The fourth-order valence-corrected chi connectivity index (χ4v) is 20.5. The Hall–Kier alpha value is -12.0. The maximum absolute atomic E-state index is 14.9. The molecule has 28 N–H and O–H groups in total. The number of hydrogen-bond donors (Lipinski definition) is 22. The largest absolute Gasteiger partial charge is 0.481 e. The summed E-state index contributed by atoms with van der Waals surface area (Å²) in [6.45, 7) is 18.8. The number of carbonyl (C=O) groups is 15. The maximum atomic E-state index is 14.9. The van der Waals surface area contributed by atoms with Crippen LogP contribution in [-0.4, -0.2) is 252 Å². The molecule has 2 aromatic heterocycles. The van der Waals surface area contributed by atoms with E-state index in [4.69, 9.17) is 39.1 Å². The van der Waals surface area contributed by atoms with Gasteiger partial charge in [-0.05, 0) is 202 Å². The molecule has 4 aliphatic rings. The number of amides is 13. The minimum Gasteiger partial charge on any atom is -0.481 e. The van der Waals surface area contributed by atoms with E-state index in [0.29, 0.717) is 59.0 Å². The Morgan fingerprint density at radius 3 is 1.53 bits per heavy atom. The monoisotopic (exact) mass is 1940 g/mol. The van der Waals surface area contributed by atoms with Crippen molar-refractivity contribution >= 4 is 101 Å². The van der Waals surface area contributed by atoms with Crippen molar-refractivity contribution in [3.8, 4) is 0 Å². The number of guanidine groups is 2. The molecule has 0 saturated heterocycles. The van der Waals surface area contributed by atoms with Gasteiger partial charge in [-0.3, -0.25) is 87.2 Å². The van der Waals surface area contributed by atoms with Gasteiger partial charge in [0.2, 0.25) is 76.8 Å². The van der Waals surface area contributed by atoms with Gasteiger partial charge in [0.25, 0.3) is 0 Å². The first-order chi connectivity index (χ1) is 65.3. The van der Waals surface area contributed by atoms with Crippen molar-refractivity contribution in [1.82, 2.24) is 94.0 Å². The van der Waals surface area contributed by atoms with Gasteiger partial charge in [0, 0.05) is 57.1 Å². The third-order valence-electron chi connectivity index (χ3n) is 28.2. The van der Waals surface area contributed by atoms with Crippen LogP contribution in [0.15, 0.2) is 52.8 Å². The van der Waals surface area contributed by atoms with E-state index in [1.807, 2.05) is 0 Å². The number of benzene rings is 1. The second-order valence-electron chi connectivity index (χ2n) is 39.4. The normalized spacial score (nSPS) is 21.8. The fraction of sp³-hybridized carbons (Fsp3) is 0.710. The molecule has 7 rings (SSSR count). The highest BCUT2D eigenvalue weighted by molar-refractivity contribution is 6.00. The lowest BCUT2D eigenvalue weighted by molar-refractivity contribution is -0.141. The topological polar surface area (TPSA) is 723 Å². The van der Waals surface area contributed by atoms with Crippen LogP contribution in [0.25, 0.3) is 0 Å². The van der Waals surface area contributed by atoms with Crippen molar-refractivity contribution in [2.75, 3.05) is 33.4 Å². The molecule has 45 heteroatoms. The lowest BCUT2D eigenvalue weighted by atomic mass is 9.44. The molecule has 4 aliphatic carbocycles. The molecule has 0 bridgehead atoms. The molecular weight excluding hydrogens is 1790 g/mol. The number of tetrazole rings is 1. The number of aromatic nitrogens is 6. The number of ether oxygens (including phenoxy) is 1. The summed E-state index contributed by atoms with van der Waals surface area (Å²) in [5.74, 6) is -12.9. The number of nitrogens with one attached hydrogen (secondary N) is 13. The third-order valence-corrected chi connectivity index (χ3v) is 28.2. The molecular formula is C93H152N26O19. The Balaban J connectivity index is 1.01. The average Bonchev–Trinajstić information content (AvgIpc) is 1.47. The van der Waals surface area contributed by atoms with Crippen molar-refractivity contribution in [1.29, 1.82) is 0 Å². The van der Waals surface area contributed by atoms with Gasteiger partial charge in [-0.2, -0.15) is 0 Å². The molecule has 45 nitrogen and oxygen atoms in total. The minimum absolute atomic E-state index is 0.0235. The van der Waals surface area contributed by atoms with E-state index in [9.17, 15) is 87.2 Å². The van der Waals surface area contributed by atoms with Crippen LogP contribution in [0.3, 0.4) is 0 Å². The van der Waals surface area contributed by atoms with Crippen molar-refractivity contribution in [3.63, 3.8) is 0 Å². The molecule has 3 aromatic rings. The summed E-state index contributed by atoms with van der Waals surface area (Å²) < 4.78 is 6.78. The smallest absolute Gasteiger partial charge is 0.305 e. The van der Waals surface area contributed by atoms with Gasteiger partial charge in [0.05, 0.1) is 39.2 Å². The number of fused-ring (bicyclic) bond motifs is 5. The quantitative estimate of drug-likeness (QED) is 0.0139. The molecule has 13 amide bonds. The van der Waals surface area contributed by atoms with E-state index in [2.05, 4.69) is 120 Å². The number of H-pyrrole nitrogens is 1. The summed E-state index contributed by atoms with van der Waals surface area (Å²) in [5.41, 5.74) is 35.0. The molecule has 4 fully saturated rings. The number of carbonyl (C=O) groups excluding carboxylic acids is 14. The van der Waals surface area contributed by atoms with E-state index >= 15 is 0 Å². The van der Waals surface area contributed by atoms with Crippen molar-refractivity contribution in [2.24, 2.45) is 114 Å². The first-order valence-electron chi connectivity index (χ1n) is 48.4. The fourth-order valence-electron chi connectivity index (χ4n) is 20.5. The van der Waals surface area contributed by atoms with Gasteiger partial charge in [0.15, 0.2) is 17.7 Å². The standard InChI is InChI=1S/C93H152N26O19/c1-13-52(8)77(89(137)114-76(51(6)7)88(136)112-69(43-56-44-100-48-104-56)84(132)107-64(28-30-72(94)122)81(129)105-62(21-17-37-101-90(96)97)79(127)110-67(39-49(2)3)83(131)109-66(78(95)126)41-54-19-15-14-16-20-54)115-85(133)68(40-50(4)5)111-82(130)65(29-31-74(123)124)108-87(135)71(47-121)113-80(128)63(22-18-38-102-91(98)99)106-86(134)70(46-120)103-45-73-116-117-118-119(73)57-33-35-92(10)55(42-57)24-25-58-60-27-26-59(53(9)23-32-75(125)138-12)93(60,11)36-34-61(58)92/h14-16,19-20,44,48-53,55,57-71,76-77,103,120-121H,13,17-18,21-43,45-47H2,1-12H3,(H2,94,122)(H2,95,126)(H,100,104)(H,105,129)(H,106,134)(H,107,132)(H,108,135)(H,109,131)(H,110,127)(H,111,130)(H,112,136)(H,113,128)(H,114,137)(H,115,133)(H,123,124)(H4,96,97,101)(H4,98,99,102)/t52-,53+,55+,57-,58-,59+,60-,61-,62-,63-,64-,65-,66-,67-,68-,69-,70-,71-,76-,77-,92-,93+/m0/s1. The Morgan fingerprint density at radius 2 is 1.01 bits per heavy atom. The first-order valence-corrected chi connectivity index (χ1v) is 48.4. The van der Waals surface area contributed by atoms with Gasteiger partial charge >= 0.3 is 11.9 Å². The number of imidazole rings is 1. The zero-order chi connectivity index (χ0) is 102. The van der Waals surface area contributed by atoms with E-state index in [1.54, 1.807) is 90.4 Å². The van der Waals surface area contributed by atoms with Crippen LogP contribution in [0, 0.1) is 70.0 Å². The van der Waals surface area contributed by atoms with Crippen molar-refractivity contribution < 1.29 is 92.0 Å². The van der Waals surface area contributed by atoms with Gasteiger partial charge in [-0.1, -0.05) is 113 Å². The number of nitrogens with zero attached hydrogens (tertiary/aromatic N) is 7. The molecule has 0 aliphatic heterocycles. The molecule has 1 aromatic carbocycles. The minimum atomic E-state index is -1.88. The number of nitrogens with two attached hydrogens (primary N) is 6. The van der Waals surface area contributed by atoms with Crippen molar-refractivity contribution in [3.05, 3.63) is 59.9 Å². The van der Waals surface area contributed by atoms with Gasteiger partial charge < -0.3 is 118 Å². The zero-order valence-electron chi connectivity index (χ0n) is 81.8. The number of aliphatic imine (C=N–C) groups is 2. The maximum Gasteiger partial charge on any atom is 0.305 e. The van der Waals surface area contributed by atoms with Crippen LogP contribution in [0.4, 0.5) is 0 Å². The lowest BCUT2D eigenvalue weighted by Gasteiger charge is -2.61. The highest BCUT2D eigenvalue weighted by atomic mass is 16.5. The second-order valence-corrected chi connectivity index (χ2v) is 39.4. The van der Waals surface area contributed by atoms with E-state index in [0.717, 1.165) is 38.5 Å². The van der Waals surface area contributed by atoms with Crippen LogP contribution in [0.5, 0.6) is 0 Å². The Morgan fingerprint density at radius 1 is 0.529 bits per heavy atom. The molecule has 768 valence electrons. The number of aliphatic hydroxyl groups is 2. The summed E-state index contributed by atoms with van der Waals surface area (Å²) in [6.07, 6.45) is 10.9. The average molecular weight is 1940 g/mol. The highest BCUT2D eigenvalue weighted by Crippen LogP contribution is 2.69. The number of rotatable bonds is 58. The van der Waals surface area contributed by atoms with Crippen LogP contribution >= 0.6 is 0 Å². The van der Waals surface area contributed by atoms with E-state index in [1.165, 1.54) is 45.3 Å². The van der Waals surface area contributed by atoms with Crippen LogP contribution in [0.1, 0.15) is 241 Å². The van der Waals surface area contributed by atoms with Crippen LogP contribution in [0.2, 0.25) is 0 Å². The van der Waals surface area contributed by atoms with Gasteiger partial charge in [-0.15, -0.1) is 5.10 Å². The second kappa shape index (κ2) is 54.4. The van der Waals surface area contributed by atoms with Crippen molar-refractivity contribution in [2.45, 2.75) is 315 Å². The number of carboxylic acids is 1. The number of esters is 1. The summed E-state index contributed by atoms with van der Waals surface area (Å²) in [7, 11) is 1.44. The van der Waals surface area contributed by atoms with Gasteiger partial charge in [-0.25, -0.2) is 9.67 Å². The molecule has 0 unspecified atom stereocenters. The van der Waals surface area contributed by atoms with E-state index in [-0.39, 0.29) is 124 Å². The number of aromatic amines is 1. The SMILES string of the molecule is CC[C@H](C)[C@H](NC(=O)[C@H](CC(C)C)NC(=O)[C@H](CCC(=O)O)NC(=O)[C@H](CO)NC(=O)[C@H](CCCN=C(N)N)NC(=O)[C@H](CO)NCc1nnnn1[C@H]1CC[C@@]2(C)[C@H](CC[C@@H]3[C@@H]2CC[C@]2(C)[C@@H]([C@H](C)CCC(=O)OC)CC[C@@H]32)C1)C(=O)N[C@H](C(=O)N[C@@H](Cc1cnc[nH]1)C(=O)N[C@@H](CCC(N)=O)C(=O)N[C@@H](CCCN=C(N)N)C(=O)N[C@@H](CC(C)C)C(=O)N[C@@H](Cc1ccccc1)C(N)=O)C(C)C. The molecule has 22 atom stereocenters. The predicted octanol–water partition coefficient (Wildman–Crippen LogP) is -1.04. The number of hydrogen-bond acceptors (Lipinski definition) is 25. The lowest BCUT2D eigenvalue weighted by Crippen LogP contribution is -2.62. The number of aliphatic hydroxyl groups excluding tert-OH is 2. The molecule has 138 heavy (non-hydrogen) atoms. The number of primary amides is 2. The summed E-state index contributed by atoms with van der Waals surface area (Å²) in [6, 6.07) is -9.51. The van der Waals surface area contributed by atoms with Crippen LogP contribution in [-0.2, 0) is 96.0 Å². The summed E-state index contributed by atoms with van der Waals surface area (Å²) in [4.78, 5) is 225. The summed E-state index contributed by atoms with van der Waals surface area (Å²) >= 11 is 0. The number of methoxy groups -OCH3 is 1. The zero-order valence-corrected chi connectivity index (χ0v) is 81.8. The molecule has 4 saturated carbocycles. The number of aliphatic carboxylic acids is 1. The third kappa shape index (κ3) is 33.4. The Kier molecular flexibility index (Phi) is 44.5. The highest BCUT2D eigenvalue weighted by Gasteiger charge is 2.61. The van der Waals surface area contributed by atoms with E-state index < -0.39 is 206 Å². The molecule has 0 radical (unpaired) electrons. The molecule has 0 spiro atoms. The Labute approximate surface area is 806 Å². The summed E-state index contributed by atoms with van der Waals surface area (Å²) in [5, 5.41) is 75.9. The van der Waals surface area contributed by atoms with Crippen LogP contribution < -0.4 is 98.2 Å². The first kappa shape index (κ1) is 113. The predicted molar refractivity (Wildman–Crippen MR) is 508 cm³/mol. The molecule has 2 heterocycles. The number of carboxylic acid groups (broad SMARTS) is 1.